The van der Waals surface area contributed by atoms with Crippen LogP contribution in [0.4, 0.5) is 11.4 Å². The summed E-state index contributed by atoms with van der Waals surface area (Å²) < 4.78 is 0. The molecular weight excluding hydrogens is 248 g/mol. The predicted molar refractivity (Wildman–Crippen MR) is 74.3 cm³/mol. The van der Waals surface area contributed by atoms with E-state index in [0.29, 0.717) is 11.1 Å². The van der Waals surface area contributed by atoms with Gasteiger partial charge in [0.25, 0.3) is 0 Å². The fourth-order valence-corrected chi connectivity index (χ4v) is 3.32. The van der Waals surface area contributed by atoms with E-state index in [4.69, 9.17) is 11.6 Å². The lowest BCUT2D eigenvalue weighted by Crippen LogP contribution is -2.65. The van der Waals surface area contributed by atoms with Crippen molar-refractivity contribution in [3.8, 4) is 0 Å². The maximum absolute atomic E-state index is 12.4. The van der Waals surface area contributed by atoms with Gasteiger partial charge in [-0.2, -0.15) is 0 Å². The van der Waals surface area contributed by atoms with E-state index in [-0.39, 0.29) is 11.4 Å². The molecule has 1 aromatic carbocycles. The zero-order chi connectivity index (χ0) is 12.9. The summed E-state index contributed by atoms with van der Waals surface area (Å²) >= 11 is 6.00. The normalized spacial score (nSPS) is 20.7. The van der Waals surface area contributed by atoms with E-state index in [2.05, 4.69) is 24.1 Å². The standard InChI is InChI=1S/C14H17ClN2O/c1-9(2)17-12-5-4-10(15)8-11(12)16-13(18)14(17)6-3-7-14/h4-5,8-9H,3,6-7H2,1-2H3,(H,16,18). The van der Waals surface area contributed by atoms with E-state index in [1.807, 2.05) is 18.2 Å². The number of anilines is 2. The van der Waals surface area contributed by atoms with Gasteiger partial charge in [-0.1, -0.05) is 11.6 Å². The van der Waals surface area contributed by atoms with Crippen LogP contribution < -0.4 is 10.2 Å². The molecule has 0 saturated heterocycles. The lowest BCUT2D eigenvalue weighted by atomic mass is 9.72. The van der Waals surface area contributed by atoms with Gasteiger partial charge in [0.05, 0.1) is 11.4 Å². The van der Waals surface area contributed by atoms with Crippen LogP contribution in [0.2, 0.25) is 5.02 Å². The summed E-state index contributed by atoms with van der Waals surface area (Å²) in [7, 11) is 0. The molecule has 3 rings (SSSR count). The molecule has 0 aromatic heterocycles. The van der Waals surface area contributed by atoms with Crippen LogP contribution >= 0.6 is 11.6 Å². The zero-order valence-corrected chi connectivity index (χ0v) is 11.4. The van der Waals surface area contributed by atoms with Crippen LogP contribution in [0.25, 0.3) is 0 Å². The Morgan fingerprint density at radius 1 is 1.39 bits per heavy atom. The third-order valence-corrected chi connectivity index (χ3v) is 4.28. The van der Waals surface area contributed by atoms with E-state index < -0.39 is 0 Å². The van der Waals surface area contributed by atoms with Crippen LogP contribution in [0.3, 0.4) is 0 Å². The molecule has 0 unspecified atom stereocenters. The van der Waals surface area contributed by atoms with Crippen LogP contribution in [-0.4, -0.2) is 17.5 Å². The first-order valence-electron chi connectivity index (χ1n) is 6.45. The van der Waals surface area contributed by atoms with Gasteiger partial charge in [0.2, 0.25) is 5.91 Å². The van der Waals surface area contributed by atoms with Crippen molar-refractivity contribution in [2.45, 2.75) is 44.7 Å². The van der Waals surface area contributed by atoms with Gasteiger partial charge in [-0.25, -0.2) is 0 Å². The first kappa shape index (κ1) is 11.8. The van der Waals surface area contributed by atoms with Crippen LogP contribution in [0, 0.1) is 0 Å². The van der Waals surface area contributed by atoms with Crippen molar-refractivity contribution in [1.29, 1.82) is 0 Å². The van der Waals surface area contributed by atoms with Gasteiger partial charge in [-0.15, -0.1) is 0 Å². The van der Waals surface area contributed by atoms with Crippen LogP contribution in [0.5, 0.6) is 0 Å². The Balaban J connectivity index is 2.14. The number of nitrogens with zero attached hydrogens (tertiary/aromatic N) is 1. The van der Waals surface area contributed by atoms with Gasteiger partial charge in [0, 0.05) is 11.1 Å². The Morgan fingerprint density at radius 2 is 2.11 bits per heavy atom. The maximum Gasteiger partial charge on any atom is 0.250 e. The molecule has 2 aliphatic rings. The number of hydrogen-bond acceptors (Lipinski definition) is 2. The van der Waals surface area contributed by atoms with Crippen molar-refractivity contribution < 1.29 is 4.79 Å². The molecule has 0 radical (unpaired) electrons. The van der Waals surface area contributed by atoms with Gasteiger partial charge < -0.3 is 10.2 Å². The predicted octanol–water partition coefficient (Wildman–Crippen LogP) is 3.43. The summed E-state index contributed by atoms with van der Waals surface area (Å²) in [5.41, 5.74) is 1.60. The average Bonchev–Trinajstić information content (AvgIpc) is 2.24. The first-order chi connectivity index (χ1) is 8.54. The van der Waals surface area contributed by atoms with Crippen molar-refractivity contribution in [1.82, 2.24) is 0 Å². The Labute approximate surface area is 112 Å². The molecule has 3 nitrogen and oxygen atoms in total. The van der Waals surface area contributed by atoms with E-state index in [1.54, 1.807) is 0 Å². The summed E-state index contributed by atoms with van der Waals surface area (Å²) in [5, 5.41) is 3.67. The molecule has 1 aliphatic carbocycles. The minimum Gasteiger partial charge on any atom is -0.353 e. The molecule has 1 saturated carbocycles. The Kier molecular flexibility index (Phi) is 2.56. The third-order valence-electron chi connectivity index (χ3n) is 4.05. The molecule has 1 aliphatic heterocycles. The highest BCUT2D eigenvalue weighted by Gasteiger charge is 2.52. The number of benzene rings is 1. The van der Waals surface area contributed by atoms with E-state index in [9.17, 15) is 4.79 Å². The highest BCUT2D eigenvalue weighted by Crippen LogP contribution is 2.48. The molecule has 1 aromatic rings. The molecule has 0 atom stereocenters. The minimum absolute atomic E-state index is 0.122. The SMILES string of the molecule is CC(C)N1c2ccc(Cl)cc2NC(=O)C12CCC2. The number of hydrogen-bond donors (Lipinski definition) is 1. The van der Waals surface area contributed by atoms with Gasteiger partial charge in [0.15, 0.2) is 0 Å². The highest BCUT2D eigenvalue weighted by atomic mass is 35.5. The highest BCUT2D eigenvalue weighted by molar-refractivity contribution is 6.31. The van der Waals surface area contributed by atoms with E-state index in [1.165, 1.54) is 0 Å². The van der Waals surface area contributed by atoms with Crippen molar-refractivity contribution in [3.63, 3.8) is 0 Å². The monoisotopic (exact) mass is 264 g/mol. The quantitative estimate of drug-likeness (QED) is 0.843. The molecule has 1 N–H and O–H groups in total. The largest absolute Gasteiger partial charge is 0.353 e. The summed E-state index contributed by atoms with van der Waals surface area (Å²) in [4.78, 5) is 14.7. The minimum atomic E-state index is -0.324. The summed E-state index contributed by atoms with van der Waals surface area (Å²) in [5.74, 6) is 0.122. The summed E-state index contributed by atoms with van der Waals surface area (Å²) in [6, 6.07) is 6.03. The van der Waals surface area contributed by atoms with Gasteiger partial charge in [-0.05, 0) is 51.3 Å². The number of fused-ring (bicyclic) bond motifs is 1. The molecule has 18 heavy (non-hydrogen) atoms. The second-order valence-corrected chi connectivity index (χ2v) is 5.90. The molecule has 96 valence electrons. The second kappa shape index (κ2) is 3.89. The number of halogens is 1. The van der Waals surface area contributed by atoms with Gasteiger partial charge in [0.1, 0.15) is 5.54 Å². The van der Waals surface area contributed by atoms with Gasteiger partial charge in [-0.3, -0.25) is 4.79 Å². The Bertz CT molecular complexity index is 509. The summed E-state index contributed by atoms with van der Waals surface area (Å²) in [6.45, 7) is 4.27. The topological polar surface area (TPSA) is 32.3 Å². The van der Waals surface area contributed by atoms with Gasteiger partial charge >= 0.3 is 0 Å². The van der Waals surface area contributed by atoms with Crippen LogP contribution in [-0.2, 0) is 4.79 Å². The lowest BCUT2D eigenvalue weighted by Gasteiger charge is -2.54. The average molecular weight is 265 g/mol. The maximum atomic E-state index is 12.4. The first-order valence-corrected chi connectivity index (χ1v) is 6.83. The fraction of sp³-hybridized carbons (Fsp3) is 0.500. The molecule has 0 bridgehead atoms. The van der Waals surface area contributed by atoms with Crippen molar-refractivity contribution in [2.24, 2.45) is 0 Å². The molecular formula is C14H17ClN2O. The number of nitrogens with one attached hydrogen (secondary N) is 1. The molecule has 1 spiro atoms. The number of rotatable bonds is 1. The Hall–Kier alpha value is -1.22. The Morgan fingerprint density at radius 3 is 2.67 bits per heavy atom. The summed E-state index contributed by atoms with van der Waals surface area (Å²) in [6.07, 6.45) is 3.01. The number of carbonyl (C=O) groups excluding carboxylic acids is 1. The van der Waals surface area contributed by atoms with Crippen molar-refractivity contribution in [2.75, 3.05) is 10.2 Å². The fourth-order valence-electron chi connectivity index (χ4n) is 3.15. The second-order valence-electron chi connectivity index (χ2n) is 5.46. The van der Waals surface area contributed by atoms with E-state index >= 15 is 0 Å². The smallest absolute Gasteiger partial charge is 0.250 e. The van der Waals surface area contributed by atoms with Crippen molar-refractivity contribution in [3.05, 3.63) is 23.2 Å². The molecule has 1 heterocycles. The zero-order valence-electron chi connectivity index (χ0n) is 10.7. The van der Waals surface area contributed by atoms with Crippen molar-refractivity contribution >= 4 is 28.9 Å². The van der Waals surface area contributed by atoms with E-state index in [0.717, 1.165) is 30.6 Å². The number of carbonyl (C=O) groups is 1. The van der Waals surface area contributed by atoms with Crippen LogP contribution in [0.1, 0.15) is 33.1 Å². The molecule has 1 fully saturated rings. The molecule has 4 heteroatoms. The third kappa shape index (κ3) is 1.46. The van der Waals surface area contributed by atoms with Crippen LogP contribution in [0.15, 0.2) is 18.2 Å². The molecule has 1 amide bonds. The number of amides is 1. The lowest BCUT2D eigenvalue weighted by molar-refractivity contribution is -0.124.